The first-order valence-corrected chi connectivity index (χ1v) is 13.7. The summed E-state index contributed by atoms with van der Waals surface area (Å²) in [5.74, 6) is -0.938. The first-order valence-electron chi connectivity index (χ1n) is 12.5. The minimum absolute atomic E-state index is 0.00680. The Labute approximate surface area is 233 Å². The van der Waals surface area contributed by atoms with Crippen LogP contribution in [-0.2, 0) is 23.8 Å². The summed E-state index contributed by atoms with van der Waals surface area (Å²) in [6.07, 6.45) is 3.27. The average molecular weight is 579 g/mol. The van der Waals surface area contributed by atoms with Gasteiger partial charge in [-0.1, -0.05) is 17.7 Å². The third kappa shape index (κ3) is 5.99. The molecule has 0 spiro atoms. The lowest BCUT2D eigenvalue weighted by Gasteiger charge is -2.49. The number of rotatable bonds is 8. The number of nitrogens with zero attached hydrogens (tertiary/aromatic N) is 3. The number of thiazole rings is 1. The number of esters is 2. The van der Waals surface area contributed by atoms with Gasteiger partial charge in [0.2, 0.25) is 0 Å². The molecule has 2 fully saturated rings. The van der Waals surface area contributed by atoms with E-state index in [9.17, 15) is 14.0 Å². The van der Waals surface area contributed by atoms with Gasteiger partial charge >= 0.3 is 11.9 Å². The summed E-state index contributed by atoms with van der Waals surface area (Å²) in [5, 5.41) is 14.8. The summed E-state index contributed by atoms with van der Waals surface area (Å²) in [7, 11) is 1.30. The number of morpholine rings is 1. The van der Waals surface area contributed by atoms with E-state index in [1.807, 2.05) is 5.38 Å². The lowest BCUT2D eigenvalue weighted by molar-refractivity contribution is -0.155. The lowest BCUT2D eigenvalue weighted by Crippen LogP contribution is -2.58. The van der Waals surface area contributed by atoms with E-state index in [-0.39, 0.29) is 35.0 Å². The van der Waals surface area contributed by atoms with E-state index in [0.717, 1.165) is 0 Å². The van der Waals surface area contributed by atoms with Gasteiger partial charge in [0.25, 0.3) is 0 Å². The molecule has 0 amide bonds. The van der Waals surface area contributed by atoms with E-state index in [1.165, 1.54) is 36.6 Å². The monoisotopic (exact) mass is 578 g/mol. The second-order valence-electron chi connectivity index (χ2n) is 9.60. The molecular formula is C26H28ClFN4O6S. The fourth-order valence-electron chi connectivity index (χ4n) is 5.54. The Morgan fingerprint density at radius 1 is 1.31 bits per heavy atom. The van der Waals surface area contributed by atoms with Crippen LogP contribution in [0.4, 0.5) is 4.39 Å². The molecule has 3 aliphatic rings. The number of fused-ring (bicyclic) bond motifs is 2. The fourth-order valence-corrected chi connectivity index (χ4v) is 6.40. The zero-order valence-electron chi connectivity index (χ0n) is 21.1. The lowest BCUT2D eigenvalue weighted by atomic mass is 9.82. The van der Waals surface area contributed by atoms with Crippen molar-refractivity contribution in [2.24, 2.45) is 10.9 Å². The highest BCUT2D eigenvalue weighted by Gasteiger charge is 2.42. The molecule has 1 aromatic carbocycles. The average Bonchev–Trinajstić information content (AvgIpc) is 3.44. The van der Waals surface area contributed by atoms with Crippen LogP contribution in [0.15, 0.2) is 46.0 Å². The molecule has 0 aliphatic carbocycles. The number of aromatic nitrogens is 1. The minimum Gasteiger partial charge on any atom is -0.466 e. The van der Waals surface area contributed by atoms with Crippen molar-refractivity contribution in [3.05, 3.63) is 62.5 Å². The van der Waals surface area contributed by atoms with Crippen molar-refractivity contribution < 1.29 is 33.3 Å². The maximum Gasteiger partial charge on any atom is 0.338 e. The highest BCUT2D eigenvalue weighted by atomic mass is 35.5. The summed E-state index contributed by atoms with van der Waals surface area (Å²) in [5.41, 5.74) is 1.33. The van der Waals surface area contributed by atoms with Crippen LogP contribution in [-0.4, -0.2) is 78.5 Å². The number of aliphatic imine (C=N–C) groups is 1. The Bertz CT molecular complexity index is 1280. The molecule has 0 radical (unpaired) electrons. The molecule has 2 saturated heterocycles. The fraction of sp³-hybridized carbons (Fsp3) is 0.462. The number of benzene rings is 1. The molecule has 2 aromatic rings. The number of halogens is 2. The van der Waals surface area contributed by atoms with Crippen molar-refractivity contribution in [1.82, 2.24) is 15.2 Å². The topological polar surface area (TPSA) is 123 Å². The molecule has 39 heavy (non-hydrogen) atoms. The van der Waals surface area contributed by atoms with E-state index in [1.54, 1.807) is 6.20 Å². The van der Waals surface area contributed by atoms with E-state index >= 15 is 0 Å². The van der Waals surface area contributed by atoms with Crippen LogP contribution in [0.3, 0.4) is 0 Å². The molecule has 2 N–H and O–H groups in total. The van der Waals surface area contributed by atoms with Crippen molar-refractivity contribution in [2.45, 2.75) is 37.4 Å². The molecule has 208 valence electrons. The Kier molecular flexibility index (Phi) is 8.57. The molecule has 13 heteroatoms. The van der Waals surface area contributed by atoms with Crippen molar-refractivity contribution in [1.29, 1.82) is 0 Å². The number of carbonyl (C=O) groups excluding carboxylic acids is 2. The summed E-state index contributed by atoms with van der Waals surface area (Å²) < 4.78 is 29.7. The normalized spacial score (nSPS) is 25.1. The second kappa shape index (κ2) is 12.1. The first-order chi connectivity index (χ1) is 18.9. The number of hydrogen-bond donors (Lipinski definition) is 2. The van der Waals surface area contributed by atoms with E-state index in [4.69, 9.17) is 35.9 Å². The largest absolute Gasteiger partial charge is 0.466 e. The van der Waals surface area contributed by atoms with E-state index in [0.29, 0.717) is 54.7 Å². The van der Waals surface area contributed by atoms with Crippen LogP contribution in [0.2, 0.25) is 5.02 Å². The highest BCUT2D eigenvalue weighted by molar-refractivity contribution is 7.11. The predicted molar refractivity (Wildman–Crippen MR) is 141 cm³/mol. The van der Waals surface area contributed by atoms with Gasteiger partial charge in [-0.3, -0.25) is 14.7 Å². The van der Waals surface area contributed by atoms with Gasteiger partial charge in [-0.15, -0.1) is 11.3 Å². The van der Waals surface area contributed by atoms with Crippen molar-refractivity contribution in [3.8, 4) is 0 Å². The number of hydrogen-bond acceptors (Lipinski definition) is 11. The zero-order chi connectivity index (χ0) is 27.5. The van der Waals surface area contributed by atoms with Crippen LogP contribution < -0.4 is 5.32 Å². The third-order valence-electron chi connectivity index (χ3n) is 7.21. The summed E-state index contributed by atoms with van der Waals surface area (Å²) in [6.45, 7) is 0.676. The van der Waals surface area contributed by atoms with Gasteiger partial charge in [0.1, 0.15) is 11.9 Å². The van der Waals surface area contributed by atoms with E-state index < -0.39 is 30.6 Å². The van der Waals surface area contributed by atoms with Crippen molar-refractivity contribution in [2.75, 3.05) is 33.7 Å². The number of aliphatic hydroxyl groups excluding tert-OH is 1. The first kappa shape index (κ1) is 27.7. The SMILES string of the molecule is COC(=O)C1=C(CN2C3COCC2CC(CC(=O)OCO)C3)NC(c2nccs2)=NC1c1ccc(F)cc1Cl. The zero-order valence-corrected chi connectivity index (χ0v) is 22.7. The maximum atomic E-state index is 13.9. The van der Waals surface area contributed by atoms with Gasteiger partial charge in [-0.05, 0) is 30.9 Å². The molecule has 3 aliphatic heterocycles. The molecule has 5 rings (SSSR count). The Morgan fingerprint density at radius 2 is 2.08 bits per heavy atom. The quantitative estimate of drug-likeness (QED) is 0.359. The predicted octanol–water partition coefficient (Wildman–Crippen LogP) is 2.82. The number of piperidine rings is 1. The van der Waals surface area contributed by atoms with Crippen molar-refractivity contribution >= 4 is 40.7 Å². The summed E-state index contributed by atoms with van der Waals surface area (Å²) >= 11 is 7.84. The van der Waals surface area contributed by atoms with Crippen LogP contribution in [0.25, 0.3) is 0 Å². The Balaban J connectivity index is 1.50. The molecule has 1 aromatic heterocycles. The van der Waals surface area contributed by atoms with Crippen LogP contribution >= 0.6 is 22.9 Å². The van der Waals surface area contributed by atoms with Gasteiger partial charge in [0, 0.05) is 52.9 Å². The molecular weight excluding hydrogens is 551 g/mol. The van der Waals surface area contributed by atoms with Gasteiger partial charge in [0.15, 0.2) is 17.6 Å². The number of methoxy groups -OCH3 is 1. The minimum atomic E-state index is -0.845. The molecule has 10 nitrogen and oxygen atoms in total. The number of amidine groups is 1. The van der Waals surface area contributed by atoms with Gasteiger partial charge in [-0.25, -0.2) is 14.2 Å². The highest BCUT2D eigenvalue weighted by Crippen LogP contribution is 2.39. The third-order valence-corrected chi connectivity index (χ3v) is 8.32. The van der Waals surface area contributed by atoms with Gasteiger partial charge in [-0.2, -0.15) is 0 Å². The summed E-state index contributed by atoms with van der Waals surface area (Å²) in [6, 6.07) is 3.14. The van der Waals surface area contributed by atoms with Crippen LogP contribution in [0.5, 0.6) is 0 Å². The van der Waals surface area contributed by atoms with Gasteiger partial charge < -0.3 is 24.6 Å². The number of aliphatic hydroxyl groups is 1. The molecule has 3 atom stereocenters. The Morgan fingerprint density at radius 3 is 2.72 bits per heavy atom. The smallest absolute Gasteiger partial charge is 0.338 e. The second-order valence-corrected chi connectivity index (χ2v) is 10.9. The Hall–Kier alpha value is -2.90. The molecule has 3 unspecified atom stereocenters. The number of ether oxygens (including phenoxy) is 3. The van der Waals surface area contributed by atoms with Crippen LogP contribution in [0, 0.1) is 11.7 Å². The standard InChI is InChI=1S/C26H28ClFN4O6S/c1-36-26(35)22-20(10-32-16-6-14(8-21(34)38-13-33)7-17(32)12-37-11-16)30-24(25-29-4-5-39-25)31-23(22)18-3-2-15(28)9-19(18)27/h2-5,9,14,16-17,23,33H,6-8,10-13H2,1H3,(H,30,31). The summed E-state index contributed by atoms with van der Waals surface area (Å²) in [4.78, 5) is 36.7. The van der Waals surface area contributed by atoms with E-state index in [2.05, 4.69) is 15.2 Å². The van der Waals surface area contributed by atoms with Crippen molar-refractivity contribution in [3.63, 3.8) is 0 Å². The molecule has 4 heterocycles. The van der Waals surface area contributed by atoms with Gasteiger partial charge in [0.05, 0.1) is 25.9 Å². The van der Waals surface area contributed by atoms with Crippen LogP contribution in [0.1, 0.15) is 35.9 Å². The molecule has 0 saturated carbocycles. The maximum absolute atomic E-state index is 13.9. The molecule has 2 bridgehead atoms. The number of carbonyl (C=O) groups is 2. The number of nitrogens with one attached hydrogen (secondary N) is 1.